The second kappa shape index (κ2) is 6.78. The van der Waals surface area contributed by atoms with E-state index in [0.717, 1.165) is 41.8 Å². The summed E-state index contributed by atoms with van der Waals surface area (Å²) in [5.41, 5.74) is 3.32. The number of fused-ring (bicyclic) bond motifs is 1. The molecule has 1 saturated heterocycles. The molecule has 1 aromatic carbocycles. The van der Waals surface area contributed by atoms with Crippen molar-refractivity contribution in [1.29, 1.82) is 0 Å². The first-order chi connectivity index (χ1) is 12.7. The highest BCUT2D eigenvalue weighted by atomic mass is 16.5. The first kappa shape index (κ1) is 16.6. The predicted molar refractivity (Wildman–Crippen MR) is 99.2 cm³/mol. The van der Waals surface area contributed by atoms with Gasteiger partial charge in [-0.2, -0.15) is 5.10 Å². The average Bonchev–Trinajstić information content (AvgIpc) is 3.29. The summed E-state index contributed by atoms with van der Waals surface area (Å²) in [6, 6.07) is 10.0. The lowest BCUT2D eigenvalue weighted by atomic mass is 10.0. The van der Waals surface area contributed by atoms with E-state index in [1.54, 1.807) is 6.20 Å². The molecule has 1 amide bonds. The quantitative estimate of drug-likeness (QED) is 0.780. The monoisotopic (exact) mass is 350 g/mol. The van der Waals surface area contributed by atoms with Crippen LogP contribution in [0, 0.1) is 6.92 Å². The molecule has 3 heterocycles. The molecule has 3 aromatic rings. The zero-order valence-corrected chi connectivity index (χ0v) is 15.0. The first-order valence-corrected chi connectivity index (χ1v) is 9.02. The smallest absolute Gasteiger partial charge is 0.255 e. The fraction of sp³-hybridized carbons (Fsp3) is 0.350. The number of pyridine rings is 1. The van der Waals surface area contributed by atoms with Crippen LogP contribution in [0.5, 0.6) is 5.75 Å². The topological polar surface area (TPSA) is 71.1 Å². The van der Waals surface area contributed by atoms with Gasteiger partial charge in [-0.05, 0) is 50.5 Å². The molecule has 0 bridgehead atoms. The van der Waals surface area contributed by atoms with Crippen molar-refractivity contribution >= 4 is 16.9 Å². The number of benzene rings is 1. The Morgan fingerprint density at radius 3 is 2.92 bits per heavy atom. The van der Waals surface area contributed by atoms with Crippen molar-refractivity contribution in [2.75, 3.05) is 13.2 Å². The van der Waals surface area contributed by atoms with E-state index in [-0.39, 0.29) is 11.9 Å². The van der Waals surface area contributed by atoms with E-state index in [1.807, 2.05) is 36.9 Å². The third-order valence-corrected chi connectivity index (χ3v) is 4.94. The van der Waals surface area contributed by atoms with Crippen LogP contribution in [0.25, 0.3) is 11.0 Å². The Morgan fingerprint density at radius 2 is 2.15 bits per heavy atom. The number of likely N-dealkylation sites (tertiary alicyclic amines) is 1. The van der Waals surface area contributed by atoms with Crippen molar-refractivity contribution < 1.29 is 9.53 Å². The molecule has 6 heteroatoms. The predicted octanol–water partition coefficient (Wildman–Crippen LogP) is 3.64. The van der Waals surface area contributed by atoms with Gasteiger partial charge in [0, 0.05) is 23.8 Å². The van der Waals surface area contributed by atoms with Crippen molar-refractivity contribution in [3.05, 3.63) is 53.3 Å². The van der Waals surface area contributed by atoms with E-state index in [0.29, 0.717) is 17.8 Å². The van der Waals surface area contributed by atoms with Gasteiger partial charge in [-0.15, -0.1) is 0 Å². The standard InChI is InChI=1S/C20H22N4O2/c1-3-26-16-8-6-14(7-9-16)18-5-4-10-24(18)20(25)15-11-17-13(2)22-23-19(17)21-12-15/h6-9,11-12,18H,3-5,10H2,1-2H3,(H,21,22,23). The van der Waals surface area contributed by atoms with Crippen LogP contribution in [0.2, 0.25) is 0 Å². The van der Waals surface area contributed by atoms with Gasteiger partial charge in [-0.3, -0.25) is 9.89 Å². The van der Waals surface area contributed by atoms with E-state index >= 15 is 0 Å². The van der Waals surface area contributed by atoms with Gasteiger partial charge in [-0.25, -0.2) is 4.98 Å². The van der Waals surface area contributed by atoms with E-state index in [9.17, 15) is 4.79 Å². The number of rotatable bonds is 4. The minimum atomic E-state index is 0.0244. The zero-order chi connectivity index (χ0) is 18.1. The lowest BCUT2D eigenvalue weighted by Crippen LogP contribution is -2.30. The van der Waals surface area contributed by atoms with Crippen LogP contribution in [0.1, 0.15) is 47.4 Å². The van der Waals surface area contributed by atoms with Gasteiger partial charge < -0.3 is 9.64 Å². The number of H-pyrrole nitrogens is 1. The summed E-state index contributed by atoms with van der Waals surface area (Å²) >= 11 is 0. The maximum Gasteiger partial charge on any atom is 0.255 e. The largest absolute Gasteiger partial charge is 0.494 e. The molecule has 1 fully saturated rings. The second-order valence-corrected chi connectivity index (χ2v) is 6.60. The molecule has 1 aliphatic heterocycles. The summed E-state index contributed by atoms with van der Waals surface area (Å²) in [7, 11) is 0. The molecule has 1 aliphatic rings. The number of carbonyl (C=O) groups excluding carboxylic acids is 1. The highest BCUT2D eigenvalue weighted by Crippen LogP contribution is 2.34. The normalized spacial score (nSPS) is 17.0. The minimum absolute atomic E-state index is 0.0244. The van der Waals surface area contributed by atoms with Crippen LogP contribution in [0.4, 0.5) is 0 Å². The summed E-state index contributed by atoms with van der Waals surface area (Å²) in [6.07, 6.45) is 3.60. The van der Waals surface area contributed by atoms with E-state index in [1.165, 1.54) is 0 Å². The minimum Gasteiger partial charge on any atom is -0.494 e. The summed E-state index contributed by atoms with van der Waals surface area (Å²) in [5, 5.41) is 7.94. The number of amides is 1. The lowest BCUT2D eigenvalue weighted by molar-refractivity contribution is 0.0735. The van der Waals surface area contributed by atoms with E-state index < -0.39 is 0 Å². The molecule has 6 nitrogen and oxygen atoms in total. The molecular formula is C20H22N4O2. The molecule has 1 N–H and O–H groups in total. The lowest BCUT2D eigenvalue weighted by Gasteiger charge is -2.25. The maximum absolute atomic E-state index is 13.1. The Bertz CT molecular complexity index is 933. The number of aromatic nitrogens is 3. The molecular weight excluding hydrogens is 328 g/mol. The zero-order valence-electron chi connectivity index (χ0n) is 15.0. The van der Waals surface area contributed by atoms with Crippen molar-refractivity contribution in [1.82, 2.24) is 20.1 Å². The molecule has 2 aromatic heterocycles. The first-order valence-electron chi connectivity index (χ1n) is 9.02. The van der Waals surface area contributed by atoms with Gasteiger partial charge in [0.15, 0.2) is 5.65 Å². The molecule has 0 radical (unpaired) electrons. The van der Waals surface area contributed by atoms with E-state index in [4.69, 9.17) is 4.74 Å². The number of nitrogens with one attached hydrogen (secondary N) is 1. The van der Waals surface area contributed by atoms with Gasteiger partial charge in [0.2, 0.25) is 0 Å². The van der Waals surface area contributed by atoms with Crippen LogP contribution in [0.3, 0.4) is 0 Å². The van der Waals surface area contributed by atoms with Gasteiger partial charge in [0.05, 0.1) is 18.2 Å². The summed E-state index contributed by atoms with van der Waals surface area (Å²) in [6.45, 7) is 5.32. The van der Waals surface area contributed by atoms with Crippen molar-refractivity contribution in [2.24, 2.45) is 0 Å². The van der Waals surface area contributed by atoms with Crippen LogP contribution in [-0.2, 0) is 0 Å². The number of ether oxygens (including phenoxy) is 1. The van der Waals surface area contributed by atoms with Crippen LogP contribution >= 0.6 is 0 Å². The average molecular weight is 350 g/mol. The third-order valence-electron chi connectivity index (χ3n) is 4.94. The SMILES string of the molecule is CCOc1ccc(C2CCCN2C(=O)c2cnc3n[nH]c(C)c3c2)cc1. The molecule has 0 spiro atoms. The second-order valence-electron chi connectivity index (χ2n) is 6.60. The fourth-order valence-corrected chi connectivity index (χ4v) is 3.61. The van der Waals surface area contributed by atoms with Crippen LogP contribution < -0.4 is 4.74 Å². The summed E-state index contributed by atoms with van der Waals surface area (Å²) < 4.78 is 5.51. The molecule has 1 unspecified atom stereocenters. The maximum atomic E-state index is 13.1. The number of carbonyl (C=O) groups is 1. The molecule has 1 atom stereocenters. The number of nitrogens with zero attached hydrogens (tertiary/aromatic N) is 3. The molecule has 0 aliphatic carbocycles. The highest BCUT2D eigenvalue weighted by Gasteiger charge is 2.31. The van der Waals surface area contributed by atoms with Crippen molar-refractivity contribution in [2.45, 2.75) is 32.7 Å². The van der Waals surface area contributed by atoms with Gasteiger partial charge in [-0.1, -0.05) is 12.1 Å². The Hall–Kier alpha value is -2.89. The van der Waals surface area contributed by atoms with Gasteiger partial charge in [0.25, 0.3) is 5.91 Å². The van der Waals surface area contributed by atoms with Gasteiger partial charge in [0.1, 0.15) is 5.75 Å². The van der Waals surface area contributed by atoms with E-state index in [2.05, 4.69) is 27.3 Å². The number of aromatic amines is 1. The molecule has 26 heavy (non-hydrogen) atoms. The third kappa shape index (κ3) is 2.92. The molecule has 134 valence electrons. The van der Waals surface area contributed by atoms with Crippen molar-refractivity contribution in [3.63, 3.8) is 0 Å². The fourth-order valence-electron chi connectivity index (χ4n) is 3.61. The number of hydrogen-bond acceptors (Lipinski definition) is 4. The Balaban J connectivity index is 1.60. The van der Waals surface area contributed by atoms with Crippen LogP contribution in [-0.4, -0.2) is 39.1 Å². The summed E-state index contributed by atoms with van der Waals surface area (Å²) in [4.78, 5) is 19.4. The molecule has 4 rings (SSSR count). The Morgan fingerprint density at radius 1 is 1.35 bits per heavy atom. The van der Waals surface area contributed by atoms with Gasteiger partial charge >= 0.3 is 0 Å². The molecule has 0 saturated carbocycles. The Kier molecular flexibility index (Phi) is 4.32. The van der Waals surface area contributed by atoms with Crippen molar-refractivity contribution in [3.8, 4) is 5.75 Å². The number of aryl methyl sites for hydroxylation is 1. The number of hydrogen-bond donors (Lipinski definition) is 1. The Labute approximate surface area is 152 Å². The summed E-state index contributed by atoms with van der Waals surface area (Å²) in [5.74, 6) is 0.883. The highest BCUT2D eigenvalue weighted by molar-refractivity contribution is 5.97. The van der Waals surface area contributed by atoms with Crippen LogP contribution in [0.15, 0.2) is 36.5 Å².